The van der Waals surface area contributed by atoms with E-state index < -0.39 is 0 Å². The van der Waals surface area contributed by atoms with Crippen LogP contribution >= 0.6 is 0 Å². The monoisotopic (exact) mass is 371 g/mol. The molecule has 4 nitrogen and oxygen atoms in total. The van der Waals surface area contributed by atoms with Crippen LogP contribution in [0.5, 0.6) is 0 Å². The Labute approximate surface area is 162 Å². The molecule has 0 fully saturated rings. The van der Waals surface area contributed by atoms with Gasteiger partial charge in [-0.3, -0.25) is 4.79 Å². The van der Waals surface area contributed by atoms with Crippen LogP contribution in [-0.2, 0) is 9.53 Å². The van der Waals surface area contributed by atoms with Crippen molar-refractivity contribution in [2.75, 3.05) is 26.3 Å². The molecule has 0 heterocycles. The van der Waals surface area contributed by atoms with Gasteiger partial charge in [0.1, 0.15) is 0 Å². The highest BCUT2D eigenvalue weighted by molar-refractivity contribution is 5.72. The highest BCUT2D eigenvalue weighted by atomic mass is 16.5. The number of rotatable bonds is 20. The minimum Gasteiger partial charge on any atom is -0.465 e. The third-order valence-corrected chi connectivity index (χ3v) is 4.93. The Morgan fingerprint density at radius 2 is 1.38 bits per heavy atom. The minimum atomic E-state index is 0.0263. The van der Waals surface area contributed by atoms with Gasteiger partial charge in [0.25, 0.3) is 0 Å². The number of hydrogen-bond donors (Lipinski definition) is 2. The largest absolute Gasteiger partial charge is 0.465 e. The van der Waals surface area contributed by atoms with Crippen molar-refractivity contribution in [2.24, 2.45) is 5.92 Å². The van der Waals surface area contributed by atoms with Gasteiger partial charge < -0.3 is 15.2 Å². The molecular formula is C22H45NO3. The maximum atomic E-state index is 12.4. The molecule has 1 unspecified atom stereocenters. The third kappa shape index (κ3) is 16.8. The molecular weight excluding hydrogens is 326 g/mol. The molecule has 0 aromatic carbocycles. The van der Waals surface area contributed by atoms with Crippen molar-refractivity contribution in [3.63, 3.8) is 0 Å². The van der Waals surface area contributed by atoms with Crippen molar-refractivity contribution in [3.05, 3.63) is 0 Å². The summed E-state index contributed by atoms with van der Waals surface area (Å²) in [7, 11) is 0. The maximum absolute atomic E-state index is 12.4. The predicted octanol–water partition coefficient (Wildman–Crippen LogP) is 5.23. The Balaban J connectivity index is 3.95. The van der Waals surface area contributed by atoms with Crippen LogP contribution in [0.15, 0.2) is 0 Å². The molecule has 0 radical (unpaired) electrons. The fourth-order valence-corrected chi connectivity index (χ4v) is 3.22. The molecule has 0 saturated heterocycles. The van der Waals surface area contributed by atoms with Crippen LogP contribution in [0.2, 0.25) is 0 Å². The highest BCUT2D eigenvalue weighted by Gasteiger charge is 2.19. The molecule has 0 aliphatic heterocycles. The highest BCUT2D eigenvalue weighted by Crippen LogP contribution is 2.20. The van der Waals surface area contributed by atoms with Crippen molar-refractivity contribution in [1.82, 2.24) is 5.32 Å². The van der Waals surface area contributed by atoms with E-state index in [1.165, 1.54) is 51.4 Å². The van der Waals surface area contributed by atoms with Crippen LogP contribution in [0.4, 0.5) is 0 Å². The molecule has 0 rings (SSSR count). The summed E-state index contributed by atoms with van der Waals surface area (Å²) in [4.78, 5) is 12.4. The van der Waals surface area contributed by atoms with Crippen LogP contribution in [-0.4, -0.2) is 37.4 Å². The molecule has 1 atom stereocenters. The maximum Gasteiger partial charge on any atom is 0.308 e. The number of aliphatic hydroxyl groups excluding tert-OH is 1. The van der Waals surface area contributed by atoms with Crippen LogP contribution < -0.4 is 5.32 Å². The lowest BCUT2D eigenvalue weighted by atomic mass is 9.94. The second kappa shape index (κ2) is 20.7. The number of esters is 1. The summed E-state index contributed by atoms with van der Waals surface area (Å²) in [6, 6.07) is 0. The van der Waals surface area contributed by atoms with Crippen molar-refractivity contribution >= 4 is 5.97 Å². The zero-order valence-electron chi connectivity index (χ0n) is 17.6. The molecule has 0 aliphatic rings. The van der Waals surface area contributed by atoms with Crippen LogP contribution in [0, 0.1) is 5.92 Å². The summed E-state index contributed by atoms with van der Waals surface area (Å²) in [6.07, 6.45) is 16.4. The van der Waals surface area contributed by atoms with E-state index in [1.54, 1.807) is 0 Å². The number of unbranched alkanes of at least 4 members (excludes halogenated alkanes) is 9. The Kier molecular flexibility index (Phi) is 20.2. The Morgan fingerprint density at radius 1 is 0.808 bits per heavy atom. The average Bonchev–Trinajstić information content (AvgIpc) is 2.65. The lowest BCUT2D eigenvalue weighted by Gasteiger charge is -2.16. The molecule has 0 aromatic heterocycles. The molecule has 4 heteroatoms. The number of nitrogens with one attached hydrogen (secondary N) is 1. The van der Waals surface area contributed by atoms with Crippen LogP contribution in [0.1, 0.15) is 104 Å². The molecule has 0 bridgehead atoms. The lowest BCUT2D eigenvalue weighted by Crippen LogP contribution is -2.21. The van der Waals surface area contributed by atoms with Gasteiger partial charge in [0.15, 0.2) is 0 Å². The van der Waals surface area contributed by atoms with E-state index in [-0.39, 0.29) is 18.5 Å². The summed E-state index contributed by atoms with van der Waals surface area (Å²) in [6.45, 7) is 6.67. The average molecular weight is 372 g/mol. The molecule has 156 valence electrons. The van der Waals surface area contributed by atoms with E-state index in [2.05, 4.69) is 19.2 Å². The second-order valence-electron chi connectivity index (χ2n) is 7.45. The standard InChI is InChI=1S/C22H45NO3/c1-3-5-7-9-10-12-16-21(15-11-8-6-4-2)22(25)26-20-14-13-17-23-18-19-24/h21,23-24H,3-20H2,1-2H3. The van der Waals surface area contributed by atoms with Gasteiger partial charge in [0.05, 0.1) is 19.1 Å². The van der Waals surface area contributed by atoms with E-state index in [4.69, 9.17) is 9.84 Å². The zero-order chi connectivity index (χ0) is 19.3. The van der Waals surface area contributed by atoms with Gasteiger partial charge in [-0.05, 0) is 32.2 Å². The van der Waals surface area contributed by atoms with Crippen molar-refractivity contribution in [3.8, 4) is 0 Å². The van der Waals surface area contributed by atoms with Gasteiger partial charge in [-0.15, -0.1) is 0 Å². The number of carbonyl (C=O) groups excluding carboxylic acids is 1. The second-order valence-corrected chi connectivity index (χ2v) is 7.45. The normalized spacial score (nSPS) is 12.3. The minimum absolute atomic E-state index is 0.0263. The zero-order valence-corrected chi connectivity index (χ0v) is 17.6. The smallest absolute Gasteiger partial charge is 0.308 e. The summed E-state index contributed by atoms with van der Waals surface area (Å²) in [5, 5.41) is 11.9. The van der Waals surface area contributed by atoms with Crippen molar-refractivity contribution in [2.45, 2.75) is 104 Å². The predicted molar refractivity (Wildman–Crippen MR) is 110 cm³/mol. The Hall–Kier alpha value is -0.610. The number of hydrogen-bond acceptors (Lipinski definition) is 4. The lowest BCUT2D eigenvalue weighted by molar-refractivity contribution is -0.149. The van der Waals surface area contributed by atoms with Gasteiger partial charge in [0, 0.05) is 6.54 Å². The third-order valence-electron chi connectivity index (χ3n) is 4.93. The number of aliphatic hydroxyl groups is 1. The van der Waals surface area contributed by atoms with Crippen LogP contribution in [0.3, 0.4) is 0 Å². The van der Waals surface area contributed by atoms with Crippen molar-refractivity contribution < 1.29 is 14.6 Å². The SMILES string of the molecule is CCCCCCCCC(CCCCCC)C(=O)OCCCCNCCO. The summed E-state index contributed by atoms with van der Waals surface area (Å²) >= 11 is 0. The van der Waals surface area contributed by atoms with E-state index in [9.17, 15) is 4.79 Å². The fourth-order valence-electron chi connectivity index (χ4n) is 3.22. The van der Waals surface area contributed by atoms with E-state index in [0.29, 0.717) is 13.2 Å². The van der Waals surface area contributed by atoms with Gasteiger partial charge in [-0.2, -0.15) is 0 Å². The molecule has 0 aromatic rings. The molecule has 0 amide bonds. The van der Waals surface area contributed by atoms with Gasteiger partial charge in [0.2, 0.25) is 0 Å². The molecule has 0 aliphatic carbocycles. The van der Waals surface area contributed by atoms with E-state index in [1.807, 2.05) is 0 Å². The van der Waals surface area contributed by atoms with Crippen LogP contribution in [0.25, 0.3) is 0 Å². The molecule has 0 spiro atoms. The molecule has 0 saturated carbocycles. The molecule has 2 N–H and O–H groups in total. The Bertz CT molecular complexity index is 297. The number of ether oxygens (including phenoxy) is 1. The van der Waals surface area contributed by atoms with E-state index in [0.717, 1.165) is 45.1 Å². The summed E-state index contributed by atoms with van der Waals surface area (Å²) < 4.78 is 5.55. The van der Waals surface area contributed by atoms with Gasteiger partial charge in [-0.25, -0.2) is 0 Å². The molecule has 26 heavy (non-hydrogen) atoms. The first-order chi connectivity index (χ1) is 12.8. The topological polar surface area (TPSA) is 58.6 Å². The van der Waals surface area contributed by atoms with E-state index >= 15 is 0 Å². The van der Waals surface area contributed by atoms with Gasteiger partial charge in [-0.1, -0.05) is 78.1 Å². The first-order valence-corrected chi connectivity index (χ1v) is 11.2. The number of carbonyl (C=O) groups is 1. The van der Waals surface area contributed by atoms with Gasteiger partial charge >= 0.3 is 5.97 Å². The Morgan fingerprint density at radius 3 is 2.00 bits per heavy atom. The summed E-state index contributed by atoms with van der Waals surface area (Å²) in [5.41, 5.74) is 0. The first kappa shape index (κ1) is 25.4. The first-order valence-electron chi connectivity index (χ1n) is 11.2. The fraction of sp³-hybridized carbons (Fsp3) is 0.955. The summed E-state index contributed by atoms with van der Waals surface area (Å²) in [5.74, 6) is 0.129. The quantitative estimate of drug-likeness (QED) is 0.227. The van der Waals surface area contributed by atoms with Crippen molar-refractivity contribution in [1.29, 1.82) is 0 Å².